The molecule has 0 aliphatic carbocycles. The molecular formula is C28H45NO4. The van der Waals surface area contributed by atoms with E-state index in [1.165, 1.54) is 44.1 Å². The molecule has 2 atom stereocenters. The number of piperidine rings is 1. The van der Waals surface area contributed by atoms with Crippen molar-refractivity contribution in [3.63, 3.8) is 0 Å². The number of hydrogen-bond acceptors (Lipinski definition) is 5. The highest BCUT2D eigenvalue weighted by atomic mass is 16.6. The first-order valence-electron chi connectivity index (χ1n) is 13.2. The highest BCUT2D eigenvalue weighted by Crippen LogP contribution is 2.41. The molecule has 1 fully saturated rings. The third kappa shape index (κ3) is 7.30. The Kier molecular flexibility index (Phi) is 11.9. The smallest absolute Gasteiger partial charge is 0.323 e. The molecule has 0 N–H and O–H groups in total. The molecule has 0 bridgehead atoms. The van der Waals surface area contributed by atoms with E-state index in [0.717, 1.165) is 6.42 Å². The molecule has 1 heterocycles. The molecule has 1 aliphatic rings. The van der Waals surface area contributed by atoms with Crippen molar-refractivity contribution in [3.05, 3.63) is 35.9 Å². The highest BCUT2D eigenvalue weighted by molar-refractivity contribution is 6.00. The average Bonchev–Trinajstić information content (AvgIpc) is 2.83. The maximum atomic E-state index is 12.9. The van der Waals surface area contributed by atoms with E-state index in [9.17, 15) is 9.59 Å². The Morgan fingerprint density at radius 2 is 1.45 bits per heavy atom. The van der Waals surface area contributed by atoms with Gasteiger partial charge in [-0.2, -0.15) is 0 Å². The Hall–Kier alpha value is -1.88. The Bertz CT molecular complexity index is 677. The SMILES string of the molecule is CCCCCCC(CCC)C(c1ccccc1)N1CCC(C(=O)OCC)(C(=O)OCC)CC1. The fourth-order valence-electron chi connectivity index (χ4n) is 5.31. The van der Waals surface area contributed by atoms with Gasteiger partial charge in [-0.25, -0.2) is 0 Å². The lowest BCUT2D eigenvalue weighted by molar-refractivity contribution is -0.176. The van der Waals surface area contributed by atoms with E-state index in [1.807, 2.05) is 0 Å². The molecule has 1 aromatic carbocycles. The van der Waals surface area contributed by atoms with E-state index in [0.29, 0.717) is 37.9 Å². The first kappa shape index (κ1) is 27.4. The van der Waals surface area contributed by atoms with E-state index in [1.54, 1.807) is 13.8 Å². The van der Waals surface area contributed by atoms with Crippen molar-refractivity contribution in [1.82, 2.24) is 4.90 Å². The number of unbranched alkanes of at least 4 members (excludes halogenated alkanes) is 3. The van der Waals surface area contributed by atoms with Crippen molar-refractivity contribution in [3.8, 4) is 0 Å². The molecule has 2 rings (SSSR count). The quantitative estimate of drug-likeness (QED) is 0.185. The second-order valence-corrected chi connectivity index (χ2v) is 9.31. The predicted octanol–water partition coefficient (Wildman–Crippen LogP) is 6.32. The van der Waals surface area contributed by atoms with Gasteiger partial charge in [0.15, 0.2) is 5.41 Å². The van der Waals surface area contributed by atoms with Crippen molar-refractivity contribution in [2.75, 3.05) is 26.3 Å². The Morgan fingerprint density at radius 3 is 1.97 bits per heavy atom. The van der Waals surface area contributed by atoms with Crippen molar-refractivity contribution >= 4 is 11.9 Å². The van der Waals surface area contributed by atoms with Crippen LogP contribution in [0.2, 0.25) is 0 Å². The van der Waals surface area contributed by atoms with Gasteiger partial charge in [0, 0.05) is 19.1 Å². The van der Waals surface area contributed by atoms with Gasteiger partial charge in [-0.15, -0.1) is 0 Å². The summed E-state index contributed by atoms with van der Waals surface area (Å²) < 4.78 is 10.7. The maximum absolute atomic E-state index is 12.9. The van der Waals surface area contributed by atoms with E-state index >= 15 is 0 Å². The van der Waals surface area contributed by atoms with Crippen LogP contribution in [0.3, 0.4) is 0 Å². The molecule has 0 radical (unpaired) electrons. The molecule has 0 amide bonds. The Balaban J connectivity index is 2.26. The first-order chi connectivity index (χ1) is 16.0. The molecule has 33 heavy (non-hydrogen) atoms. The van der Waals surface area contributed by atoms with Gasteiger partial charge in [-0.1, -0.05) is 76.3 Å². The van der Waals surface area contributed by atoms with Crippen molar-refractivity contribution in [2.45, 2.75) is 91.5 Å². The molecule has 0 spiro atoms. The zero-order valence-electron chi connectivity index (χ0n) is 21.3. The lowest BCUT2D eigenvalue weighted by Crippen LogP contribution is -2.51. The fraction of sp³-hybridized carbons (Fsp3) is 0.714. The van der Waals surface area contributed by atoms with Crippen LogP contribution in [0.15, 0.2) is 30.3 Å². The van der Waals surface area contributed by atoms with Gasteiger partial charge < -0.3 is 9.47 Å². The summed E-state index contributed by atoms with van der Waals surface area (Å²) in [6.45, 7) is 10.0. The summed E-state index contributed by atoms with van der Waals surface area (Å²) in [5, 5.41) is 0. The number of benzene rings is 1. The largest absolute Gasteiger partial charge is 0.465 e. The minimum absolute atomic E-state index is 0.271. The molecule has 1 aromatic rings. The zero-order valence-corrected chi connectivity index (χ0v) is 21.3. The highest BCUT2D eigenvalue weighted by Gasteiger charge is 2.51. The Labute approximate surface area is 201 Å². The number of ether oxygens (including phenoxy) is 2. The van der Waals surface area contributed by atoms with Crippen LogP contribution >= 0.6 is 0 Å². The van der Waals surface area contributed by atoms with Crippen LogP contribution < -0.4 is 0 Å². The Morgan fingerprint density at radius 1 is 0.848 bits per heavy atom. The standard InChI is InChI=1S/C28H45NO4/c1-5-9-10-12-16-23(15-6-2)25(24-17-13-11-14-18-24)29-21-19-28(20-22-29,26(30)32-7-3)27(31)33-8-4/h11,13-14,17-18,23,25H,5-10,12,15-16,19-22H2,1-4H3. The van der Waals surface area contributed by atoms with Gasteiger partial charge in [0.25, 0.3) is 0 Å². The molecule has 5 heteroatoms. The zero-order chi connectivity index (χ0) is 24.1. The van der Waals surface area contributed by atoms with Gasteiger partial charge >= 0.3 is 11.9 Å². The number of hydrogen-bond donors (Lipinski definition) is 0. The van der Waals surface area contributed by atoms with Gasteiger partial charge in [-0.05, 0) is 51.0 Å². The van der Waals surface area contributed by atoms with Crippen LogP contribution in [-0.2, 0) is 19.1 Å². The molecule has 1 saturated heterocycles. The number of nitrogens with zero attached hydrogens (tertiary/aromatic N) is 1. The van der Waals surface area contributed by atoms with E-state index < -0.39 is 17.4 Å². The van der Waals surface area contributed by atoms with Crippen LogP contribution in [0.5, 0.6) is 0 Å². The molecule has 0 saturated carbocycles. The van der Waals surface area contributed by atoms with Crippen molar-refractivity contribution < 1.29 is 19.1 Å². The number of rotatable bonds is 14. The summed E-state index contributed by atoms with van der Waals surface area (Å²) in [5.74, 6) is -0.292. The predicted molar refractivity (Wildman–Crippen MR) is 133 cm³/mol. The molecule has 1 aliphatic heterocycles. The van der Waals surface area contributed by atoms with Gasteiger partial charge in [0.2, 0.25) is 0 Å². The topological polar surface area (TPSA) is 55.8 Å². The summed E-state index contributed by atoms with van der Waals surface area (Å²) in [4.78, 5) is 28.3. The number of likely N-dealkylation sites (tertiary alicyclic amines) is 1. The van der Waals surface area contributed by atoms with E-state index in [2.05, 4.69) is 49.1 Å². The monoisotopic (exact) mass is 459 g/mol. The van der Waals surface area contributed by atoms with Crippen LogP contribution in [0, 0.1) is 11.3 Å². The third-order valence-electron chi connectivity index (χ3n) is 7.05. The second kappa shape index (κ2) is 14.4. The number of esters is 2. The minimum atomic E-state index is -1.18. The van der Waals surface area contributed by atoms with Crippen LogP contribution in [0.1, 0.15) is 97.1 Å². The summed E-state index contributed by atoms with van der Waals surface area (Å²) in [6, 6.07) is 11.1. The van der Waals surface area contributed by atoms with Crippen LogP contribution in [-0.4, -0.2) is 43.1 Å². The van der Waals surface area contributed by atoms with E-state index in [4.69, 9.17) is 9.47 Å². The van der Waals surface area contributed by atoms with Crippen molar-refractivity contribution in [1.29, 1.82) is 0 Å². The summed E-state index contributed by atoms with van der Waals surface area (Å²) in [5.41, 5.74) is 0.164. The second-order valence-electron chi connectivity index (χ2n) is 9.31. The molecule has 2 unspecified atom stereocenters. The van der Waals surface area contributed by atoms with Gasteiger partial charge in [0.1, 0.15) is 0 Å². The summed E-state index contributed by atoms with van der Waals surface area (Å²) >= 11 is 0. The molecular weight excluding hydrogens is 414 g/mol. The van der Waals surface area contributed by atoms with Crippen molar-refractivity contribution in [2.24, 2.45) is 11.3 Å². The molecule has 0 aromatic heterocycles. The summed E-state index contributed by atoms with van der Waals surface area (Å²) in [6.07, 6.45) is 9.53. The lowest BCUT2D eigenvalue weighted by Gasteiger charge is -2.44. The first-order valence-corrected chi connectivity index (χ1v) is 13.2. The molecule has 5 nitrogen and oxygen atoms in total. The number of carbonyl (C=O) groups is 2. The average molecular weight is 460 g/mol. The maximum Gasteiger partial charge on any atom is 0.323 e. The minimum Gasteiger partial charge on any atom is -0.465 e. The fourth-order valence-corrected chi connectivity index (χ4v) is 5.31. The normalized spacial score (nSPS) is 17.8. The number of carbonyl (C=O) groups excluding carboxylic acids is 2. The lowest BCUT2D eigenvalue weighted by atomic mass is 9.76. The molecule has 186 valence electrons. The summed E-state index contributed by atoms with van der Waals surface area (Å²) in [7, 11) is 0. The van der Waals surface area contributed by atoms with Crippen LogP contribution in [0.4, 0.5) is 0 Å². The van der Waals surface area contributed by atoms with E-state index in [-0.39, 0.29) is 13.2 Å². The van der Waals surface area contributed by atoms with Gasteiger partial charge in [-0.3, -0.25) is 14.5 Å². The van der Waals surface area contributed by atoms with Crippen LogP contribution in [0.25, 0.3) is 0 Å². The van der Waals surface area contributed by atoms with Gasteiger partial charge in [0.05, 0.1) is 13.2 Å². The third-order valence-corrected chi connectivity index (χ3v) is 7.05.